The third-order valence-electron chi connectivity index (χ3n) is 4.73. The molecule has 0 saturated carbocycles. The first kappa shape index (κ1) is 19.0. The van der Waals surface area contributed by atoms with Crippen LogP contribution in [0.1, 0.15) is 54.6 Å². The minimum Gasteiger partial charge on any atom is -0.493 e. The van der Waals surface area contributed by atoms with E-state index in [2.05, 4.69) is 37.3 Å². The maximum Gasteiger partial charge on any atom is 0.335 e. The largest absolute Gasteiger partial charge is 0.493 e. The van der Waals surface area contributed by atoms with E-state index in [0.29, 0.717) is 18.1 Å². The Morgan fingerprint density at radius 1 is 1.08 bits per heavy atom. The van der Waals surface area contributed by atoms with Crippen LogP contribution in [0.15, 0.2) is 48.5 Å². The van der Waals surface area contributed by atoms with Gasteiger partial charge in [0.2, 0.25) is 0 Å². The minimum atomic E-state index is -0.895. The molecule has 1 N–H and O–H groups in total. The van der Waals surface area contributed by atoms with E-state index in [1.165, 1.54) is 12.0 Å². The van der Waals surface area contributed by atoms with Gasteiger partial charge in [0.05, 0.1) is 12.2 Å². The predicted molar refractivity (Wildman–Crippen MR) is 101 cm³/mol. The molecular formula is C22H28O3. The molecule has 0 amide bonds. The third kappa shape index (κ3) is 5.93. The first-order valence-electron chi connectivity index (χ1n) is 9.17. The van der Waals surface area contributed by atoms with Gasteiger partial charge in [-0.3, -0.25) is 0 Å². The Morgan fingerprint density at radius 3 is 2.48 bits per heavy atom. The Balaban J connectivity index is 1.84. The molecule has 3 heteroatoms. The van der Waals surface area contributed by atoms with Gasteiger partial charge in [-0.15, -0.1) is 0 Å². The Morgan fingerprint density at radius 2 is 1.84 bits per heavy atom. The smallest absolute Gasteiger partial charge is 0.335 e. The number of hydrogen-bond acceptors (Lipinski definition) is 2. The average Bonchev–Trinajstić information content (AvgIpc) is 2.65. The number of benzene rings is 2. The molecule has 3 nitrogen and oxygen atoms in total. The van der Waals surface area contributed by atoms with Gasteiger partial charge in [0, 0.05) is 0 Å². The molecule has 1 atom stereocenters. The lowest BCUT2D eigenvalue weighted by Gasteiger charge is -2.17. The van der Waals surface area contributed by atoms with Crippen LogP contribution in [0.2, 0.25) is 0 Å². The number of ether oxygens (including phenoxy) is 1. The van der Waals surface area contributed by atoms with Gasteiger partial charge < -0.3 is 9.84 Å². The molecule has 2 aromatic rings. The van der Waals surface area contributed by atoms with E-state index in [-0.39, 0.29) is 0 Å². The van der Waals surface area contributed by atoms with Gasteiger partial charge in [-0.2, -0.15) is 0 Å². The monoisotopic (exact) mass is 340 g/mol. The van der Waals surface area contributed by atoms with Crippen molar-refractivity contribution in [2.45, 2.75) is 46.0 Å². The second-order valence-corrected chi connectivity index (χ2v) is 6.42. The van der Waals surface area contributed by atoms with E-state index in [4.69, 9.17) is 9.84 Å². The van der Waals surface area contributed by atoms with E-state index in [1.807, 2.05) is 6.92 Å². The molecule has 1 unspecified atom stereocenters. The van der Waals surface area contributed by atoms with Crippen LogP contribution >= 0.6 is 0 Å². The second-order valence-electron chi connectivity index (χ2n) is 6.42. The molecule has 0 radical (unpaired) electrons. The summed E-state index contributed by atoms with van der Waals surface area (Å²) in [7, 11) is 0. The first-order valence-corrected chi connectivity index (χ1v) is 9.17. The van der Waals surface area contributed by atoms with Crippen molar-refractivity contribution in [3.8, 4) is 5.75 Å². The molecule has 2 aromatic carbocycles. The van der Waals surface area contributed by atoms with E-state index in [9.17, 15) is 4.79 Å². The number of carboxylic acids is 1. The molecule has 134 valence electrons. The number of hydrogen-bond donors (Lipinski definition) is 1. The van der Waals surface area contributed by atoms with Gasteiger partial charge >= 0.3 is 5.97 Å². The molecular weight excluding hydrogens is 312 g/mol. The van der Waals surface area contributed by atoms with Crippen LogP contribution in [0.4, 0.5) is 0 Å². The lowest BCUT2D eigenvalue weighted by atomic mass is 9.94. The van der Waals surface area contributed by atoms with Gasteiger partial charge in [-0.05, 0) is 60.9 Å². The van der Waals surface area contributed by atoms with Crippen molar-refractivity contribution in [2.24, 2.45) is 5.92 Å². The van der Waals surface area contributed by atoms with E-state index in [1.54, 1.807) is 18.2 Å². The van der Waals surface area contributed by atoms with Crippen molar-refractivity contribution in [1.29, 1.82) is 0 Å². The van der Waals surface area contributed by atoms with Gasteiger partial charge in [0.15, 0.2) is 0 Å². The summed E-state index contributed by atoms with van der Waals surface area (Å²) in [5.41, 5.74) is 2.66. The van der Waals surface area contributed by atoms with Gasteiger partial charge in [-0.25, -0.2) is 4.79 Å². The summed E-state index contributed by atoms with van der Waals surface area (Å²) >= 11 is 0. The van der Waals surface area contributed by atoms with Crippen LogP contribution in [0.5, 0.6) is 5.75 Å². The third-order valence-corrected chi connectivity index (χ3v) is 4.73. The fraction of sp³-hybridized carbons (Fsp3) is 0.409. The number of aromatic carboxylic acids is 1. The highest BCUT2D eigenvalue weighted by molar-refractivity contribution is 5.88. The molecule has 0 aromatic heterocycles. The van der Waals surface area contributed by atoms with Crippen molar-refractivity contribution in [3.05, 3.63) is 65.2 Å². The summed E-state index contributed by atoms with van der Waals surface area (Å²) in [6, 6.07) is 15.7. The van der Waals surface area contributed by atoms with Crippen LogP contribution in [-0.2, 0) is 12.8 Å². The van der Waals surface area contributed by atoms with Crippen LogP contribution in [-0.4, -0.2) is 17.7 Å². The summed E-state index contributed by atoms with van der Waals surface area (Å²) in [5.74, 6) is 0.558. The summed E-state index contributed by atoms with van der Waals surface area (Å²) in [6.45, 7) is 4.92. The summed E-state index contributed by atoms with van der Waals surface area (Å²) < 4.78 is 5.95. The molecule has 0 spiro atoms. The molecule has 0 aliphatic rings. The highest BCUT2D eigenvalue weighted by Crippen LogP contribution is 2.23. The fourth-order valence-electron chi connectivity index (χ4n) is 3.03. The Bertz CT molecular complexity index is 664. The van der Waals surface area contributed by atoms with Crippen molar-refractivity contribution < 1.29 is 14.6 Å². The highest BCUT2D eigenvalue weighted by atomic mass is 16.5. The Kier molecular flexibility index (Phi) is 7.52. The van der Waals surface area contributed by atoms with Gasteiger partial charge in [0.1, 0.15) is 5.75 Å². The topological polar surface area (TPSA) is 46.5 Å². The maximum absolute atomic E-state index is 11.1. The normalized spacial score (nSPS) is 11.9. The van der Waals surface area contributed by atoms with Crippen molar-refractivity contribution in [1.82, 2.24) is 0 Å². The molecule has 25 heavy (non-hydrogen) atoms. The second kappa shape index (κ2) is 9.87. The standard InChI is InChI=1S/C22H28O3/c1-3-17(10-11-18-8-6-5-7-9-18)14-15-25-21-13-12-20(22(23)24)16-19(21)4-2/h5-9,12-13,16-17H,3-4,10-11,14-15H2,1-2H3,(H,23,24). The van der Waals surface area contributed by atoms with E-state index >= 15 is 0 Å². The minimum absolute atomic E-state index is 0.318. The summed E-state index contributed by atoms with van der Waals surface area (Å²) in [6.07, 6.45) is 5.21. The Labute approximate surface area is 150 Å². The molecule has 0 aliphatic carbocycles. The fourth-order valence-corrected chi connectivity index (χ4v) is 3.03. The zero-order valence-electron chi connectivity index (χ0n) is 15.2. The molecule has 2 rings (SSSR count). The van der Waals surface area contributed by atoms with Gasteiger partial charge in [0.25, 0.3) is 0 Å². The zero-order chi connectivity index (χ0) is 18.1. The lowest BCUT2D eigenvalue weighted by Crippen LogP contribution is -2.09. The Hall–Kier alpha value is -2.29. The zero-order valence-corrected chi connectivity index (χ0v) is 15.2. The van der Waals surface area contributed by atoms with Crippen molar-refractivity contribution >= 4 is 5.97 Å². The number of rotatable bonds is 10. The molecule has 0 saturated heterocycles. The average molecular weight is 340 g/mol. The van der Waals surface area contributed by atoms with Crippen molar-refractivity contribution in [2.75, 3.05) is 6.61 Å². The van der Waals surface area contributed by atoms with Crippen LogP contribution in [0.25, 0.3) is 0 Å². The predicted octanol–water partition coefficient (Wildman–Crippen LogP) is 5.38. The molecule has 0 aliphatic heterocycles. The highest BCUT2D eigenvalue weighted by Gasteiger charge is 2.10. The molecule has 0 heterocycles. The van der Waals surface area contributed by atoms with Crippen LogP contribution in [0.3, 0.4) is 0 Å². The molecule has 0 bridgehead atoms. The van der Waals surface area contributed by atoms with Gasteiger partial charge in [-0.1, -0.05) is 50.6 Å². The van der Waals surface area contributed by atoms with Crippen molar-refractivity contribution in [3.63, 3.8) is 0 Å². The number of carbonyl (C=O) groups is 1. The summed E-state index contributed by atoms with van der Waals surface area (Å²) in [4.78, 5) is 11.1. The van der Waals surface area contributed by atoms with E-state index < -0.39 is 5.97 Å². The molecule has 0 fully saturated rings. The number of aryl methyl sites for hydroxylation is 2. The first-order chi connectivity index (χ1) is 12.1. The van der Waals surface area contributed by atoms with E-state index in [0.717, 1.165) is 37.0 Å². The van der Waals surface area contributed by atoms with Crippen LogP contribution < -0.4 is 4.74 Å². The quantitative estimate of drug-likeness (QED) is 0.632. The SMILES string of the molecule is CCc1cc(C(=O)O)ccc1OCCC(CC)CCc1ccccc1. The maximum atomic E-state index is 11.1. The summed E-state index contributed by atoms with van der Waals surface area (Å²) in [5, 5.41) is 9.09. The van der Waals surface area contributed by atoms with Crippen LogP contribution in [0, 0.1) is 5.92 Å². The number of carboxylic acid groups (broad SMARTS) is 1. The lowest BCUT2D eigenvalue weighted by molar-refractivity contribution is 0.0696.